The van der Waals surface area contributed by atoms with Gasteiger partial charge >= 0.3 is 0 Å². The van der Waals surface area contributed by atoms with Gasteiger partial charge in [-0.1, -0.05) is 5.92 Å². The van der Waals surface area contributed by atoms with Gasteiger partial charge in [0.2, 0.25) is 0 Å². The number of nitro groups is 1. The largest absolute Gasteiger partial charge is 0.379 e. The van der Waals surface area contributed by atoms with Gasteiger partial charge in [0.25, 0.3) is 5.69 Å². The number of benzene rings is 1. The van der Waals surface area contributed by atoms with Crippen molar-refractivity contribution < 1.29 is 13.7 Å². The summed E-state index contributed by atoms with van der Waals surface area (Å²) in [4.78, 5) is 9.53. The third kappa shape index (κ3) is 3.89. The van der Waals surface area contributed by atoms with Gasteiger partial charge < -0.3 is 5.32 Å². The van der Waals surface area contributed by atoms with Crippen LogP contribution in [0.1, 0.15) is 0 Å². The molecule has 0 bridgehead atoms. The van der Waals surface area contributed by atoms with Crippen LogP contribution < -0.4 is 5.32 Å². The van der Waals surface area contributed by atoms with Crippen LogP contribution in [0.5, 0.6) is 0 Å². The predicted octanol–water partition coefficient (Wildman–Crippen LogP) is 2.65. The fourth-order valence-corrected chi connectivity index (χ4v) is 1.72. The lowest BCUT2D eigenvalue weighted by molar-refractivity contribution is -0.385. The van der Waals surface area contributed by atoms with Gasteiger partial charge in [-0.3, -0.25) is 10.1 Å². The minimum atomic E-state index is -0.983. The van der Waals surface area contributed by atoms with E-state index in [0.717, 1.165) is 0 Å². The number of rotatable bonds is 6. The van der Waals surface area contributed by atoms with E-state index in [1.807, 2.05) is 0 Å². The number of nitrogens with one attached hydrogen (secondary N) is 1. The van der Waals surface area contributed by atoms with Gasteiger partial charge in [0, 0.05) is 12.3 Å². The molecule has 0 aliphatic rings. The molecule has 0 aromatic heterocycles. The molecule has 0 spiro atoms. The maximum Gasteiger partial charge on any atom is 0.275 e. The molecular weight excluding hydrogens is 262 g/mol. The molecule has 0 radical (unpaired) electrons. The number of anilines is 1. The van der Waals surface area contributed by atoms with E-state index in [2.05, 4.69) is 11.2 Å². The SMILES string of the molecule is C#CCSCCNc1c(F)cc([N+](=O)[O-])cc1F. The zero-order valence-electron chi connectivity index (χ0n) is 9.28. The lowest BCUT2D eigenvalue weighted by Gasteiger charge is -2.07. The molecule has 0 fully saturated rings. The van der Waals surface area contributed by atoms with Crippen LogP contribution in [-0.2, 0) is 0 Å². The summed E-state index contributed by atoms with van der Waals surface area (Å²) in [5.41, 5.74) is -0.973. The van der Waals surface area contributed by atoms with Crippen LogP contribution >= 0.6 is 11.8 Å². The maximum atomic E-state index is 13.4. The van der Waals surface area contributed by atoms with Gasteiger partial charge in [-0.25, -0.2) is 8.78 Å². The van der Waals surface area contributed by atoms with Crippen molar-refractivity contribution in [1.82, 2.24) is 0 Å². The molecule has 18 heavy (non-hydrogen) atoms. The smallest absolute Gasteiger partial charge is 0.275 e. The highest BCUT2D eigenvalue weighted by molar-refractivity contribution is 7.99. The van der Waals surface area contributed by atoms with Gasteiger partial charge in [0.1, 0.15) is 5.69 Å². The Bertz CT molecular complexity index is 465. The zero-order chi connectivity index (χ0) is 13.5. The molecule has 0 saturated carbocycles. The van der Waals surface area contributed by atoms with Crippen molar-refractivity contribution in [1.29, 1.82) is 0 Å². The molecule has 0 atom stereocenters. The lowest BCUT2D eigenvalue weighted by atomic mass is 10.2. The van der Waals surface area contributed by atoms with Crippen molar-refractivity contribution in [2.45, 2.75) is 0 Å². The van der Waals surface area contributed by atoms with Crippen LogP contribution in [0.3, 0.4) is 0 Å². The monoisotopic (exact) mass is 272 g/mol. The van der Waals surface area contributed by atoms with Crippen molar-refractivity contribution in [2.75, 3.05) is 23.4 Å². The van der Waals surface area contributed by atoms with Crippen LogP contribution in [0.25, 0.3) is 0 Å². The van der Waals surface area contributed by atoms with E-state index >= 15 is 0 Å². The van der Waals surface area contributed by atoms with Crippen LogP contribution in [0, 0.1) is 34.1 Å². The predicted molar refractivity (Wildman–Crippen MR) is 67.7 cm³/mol. The first-order chi connectivity index (χ1) is 8.56. The first-order valence-corrected chi connectivity index (χ1v) is 6.10. The topological polar surface area (TPSA) is 55.2 Å². The van der Waals surface area contributed by atoms with E-state index in [0.29, 0.717) is 30.2 Å². The number of hydrogen-bond donors (Lipinski definition) is 1. The Morgan fingerprint density at radius 2 is 2.06 bits per heavy atom. The number of non-ortho nitro benzene ring substituents is 1. The molecule has 1 aromatic carbocycles. The quantitative estimate of drug-likeness (QED) is 0.374. The first-order valence-electron chi connectivity index (χ1n) is 4.94. The second-order valence-corrected chi connectivity index (χ2v) is 4.33. The number of terminal acetylenes is 1. The van der Waals surface area contributed by atoms with Crippen LogP contribution in [0.4, 0.5) is 20.2 Å². The summed E-state index contributed by atoms with van der Waals surface area (Å²) in [6.45, 7) is 0.317. The van der Waals surface area contributed by atoms with Crippen LogP contribution in [0.15, 0.2) is 12.1 Å². The standard InChI is InChI=1S/C11H10F2N2O2S/c1-2-4-18-5-3-14-11-9(12)6-8(15(16)17)7-10(11)13/h1,6-7,14H,3-5H2. The lowest BCUT2D eigenvalue weighted by Crippen LogP contribution is -2.08. The summed E-state index contributed by atoms with van der Waals surface area (Å²) in [5.74, 6) is 1.56. The van der Waals surface area contributed by atoms with E-state index in [1.165, 1.54) is 11.8 Å². The van der Waals surface area contributed by atoms with Gasteiger partial charge in [0.15, 0.2) is 11.6 Å². The van der Waals surface area contributed by atoms with Crippen molar-refractivity contribution in [2.24, 2.45) is 0 Å². The minimum Gasteiger partial charge on any atom is -0.379 e. The van der Waals surface area contributed by atoms with Crippen LogP contribution in [-0.4, -0.2) is 23.0 Å². The highest BCUT2D eigenvalue weighted by Crippen LogP contribution is 2.24. The van der Waals surface area contributed by atoms with Crippen molar-refractivity contribution in [3.63, 3.8) is 0 Å². The fourth-order valence-electron chi connectivity index (χ4n) is 1.21. The molecule has 0 unspecified atom stereocenters. The van der Waals surface area contributed by atoms with E-state index in [1.54, 1.807) is 0 Å². The number of thioether (sulfide) groups is 1. The molecule has 1 N–H and O–H groups in total. The Hall–Kier alpha value is -1.81. The third-order valence-corrected chi connectivity index (χ3v) is 2.83. The van der Waals surface area contributed by atoms with Crippen molar-refractivity contribution in [3.8, 4) is 12.3 Å². The average molecular weight is 272 g/mol. The molecule has 1 rings (SSSR count). The van der Waals surface area contributed by atoms with E-state index in [9.17, 15) is 18.9 Å². The van der Waals surface area contributed by atoms with E-state index < -0.39 is 22.2 Å². The molecule has 0 aliphatic heterocycles. The second-order valence-electron chi connectivity index (χ2n) is 3.23. The molecule has 7 heteroatoms. The Labute approximate surface area is 107 Å². The number of hydrogen-bond acceptors (Lipinski definition) is 4. The van der Waals surface area contributed by atoms with Crippen molar-refractivity contribution in [3.05, 3.63) is 33.9 Å². The Morgan fingerprint density at radius 1 is 1.44 bits per heavy atom. The second kappa shape index (κ2) is 6.81. The highest BCUT2D eigenvalue weighted by atomic mass is 32.2. The first kappa shape index (κ1) is 14.3. The zero-order valence-corrected chi connectivity index (χ0v) is 10.1. The Morgan fingerprint density at radius 3 is 2.56 bits per heavy atom. The molecule has 96 valence electrons. The van der Waals surface area contributed by atoms with E-state index in [-0.39, 0.29) is 5.69 Å². The molecule has 0 aliphatic carbocycles. The van der Waals surface area contributed by atoms with E-state index in [4.69, 9.17) is 6.42 Å². The molecule has 0 saturated heterocycles. The fraction of sp³-hybridized carbons (Fsp3) is 0.273. The molecule has 4 nitrogen and oxygen atoms in total. The summed E-state index contributed by atoms with van der Waals surface area (Å²) in [6.07, 6.45) is 5.04. The van der Waals surface area contributed by atoms with Gasteiger partial charge in [-0.05, 0) is 0 Å². The van der Waals surface area contributed by atoms with Gasteiger partial charge in [-0.2, -0.15) is 0 Å². The Kier molecular flexibility index (Phi) is 5.39. The minimum absolute atomic E-state index is 0.317. The summed E-state index contributed by atoms with van der Waals surface area (Å²) in [7, 11) is 0. The van der Waals surface area contributed by atoms with Gasteiger partial charge in [-0.15, -0.1) is 18.2 Å². The number of nitro benzene ring substituents is 1. The Balaban J connectivity index is 2.67. The molecular formula is C11H10F2N2O2S. The molecule has 0 heterocycles. The summed E-state index contributed by atoms with van der Waals surface area (Å²) in [5, 5.41) is 12.9. The summed E-state index contributed by atoms with van der Waals surface area (Å²) < 4.78 is 26.8. The normalized spacial score (nSPS) is 9.83. The maximum absolute atomic E-state index is 13.4. The summed E-state index contributed by atoms with van der Waals surface area (Å²) in [6, 6.07) is 1.36. The average Bonchev–Trinajstić information content (AvgIpc) is 2.31. The summed E-state index contributed by atoms with van der Waals surface area (Å²) >= 11 is 1.44. The third-order valence-electron chi connectivity index (χ3n) is 1.97. The number of halogens is 2. The van der Waals surface area contributed by atoms with Gasteiger partial charge in [0.05, 0.1) is 22.8 Å². The molecule has 0 amide bonds. The van der Waals surface area contributed by atoms with Crippen molar-refractivity contribution >= 4 is 23.1 Å². The van der Waals surface area contributed by atoms with Crippen LogP contribution in [0.2, 0.25) is 0 Å². The number of nitrogens with zero attached hydrogens (tertiary/aromatic N) is 1. The highest BCUT2D eigenvalue weighted by Gasteiger charge is 2.16. The molecule has 1 aromatic rings.